The van der Waals surface area contributed by atoms with Gasteiger partial charge in [0.05, 0.1) is 6.04 Å². The molecule has 0 saturated heterocycles. The van der Waals surface area contributed by atoms with E-state index in [4.69, 9.17) is 17.0 Å². The van der Waals surface area contributed by atoms with Crippen LogP contribution in [0.4, 0.5) is 5.69 Å². The van der Waals surface area contributed by atoms with Crippen molar-refractivity contribution in [2.24, 2.45) is 0 Å². The van der Waals surface area contributed by atoms with Crippen LogP contribution in [0, 0.1) is 0 Å². The number of likely N-dealkylation sites (N-methyl/N-ethyl adjacent to an activating group) is 1. The van der Waals surface area contributed by atoms with Crippen LogP contribution in [0.15, 0.2) is 84.9 Å². The van der Waals surface area contributed by atoms with E-state index in [1.54, 1.807) is 0 Å². The lowest BCUT2D eigenvalue weighted by molar-refractivity contribution is 0.299. The molecule has 0 spiro atoms. The van der Waals surface area contributed by atoms with Crippen molar-refractivity contribution < 1.29 is 4.74 Å². The molecule has 0 aromatic heterocycles. The molecule has 0 saturated carbocycles. The first-order valence-electron chi connectivity index (χ1n) is 9.21. The predicted octanol–water partition coefficient (Wildman–Crippen LogP) is 5.07. The van der Waals surface area contributed by atoms with Gasteiger partial charge in [0.15, 0.2) is 5.11 Å². The molecule has 1 atom stereocenters. The topological polar surface area (TPSA) is 36.5 Å². The Balaban J connectivity index is 1.53. The smallest absolute Gasteiger partial charge is 0.170 e. The van der Waals surface area contributed by atoms with Crippen LogP contribution in [0.5, 0.6) is 11.5 Å². The highest BCUT2D eigenvalue weighted by Crippen LogP contribution is 2.22. The number of rotatable bonds is 7. The van der Waals surface area contributed by atoms with E-state index >= 15 is 0 Å². The zero-order valence-corrected chi connectivity index (χ0v) is 16.9. The highest BCUT2D eigenvalue weighted by molar-refractivity contribution is 7.80. The summed E-state index contributed by atoms with van der Waals surface area (Å²) >= 11 is 5.46. The second-order valence-corrected chi connectivity index (χ2v) is 7.07. The summed E-state index contributed by atoms with van der Waals surface area (Å²) in [5.74, 6) is 1.60. The molecule has 0 aliphatic rings. The Labute approximate surface area is 172 Å². The first-order valence-corrected chi connectivity index (χ1v) is 9.62. The van der Waals surface area contributed by atoms with E-state index in [2.05, 4.69) is 53.9 Å². The van der Waals surface area contributed by atoms with Gasteiger partial charge in [-0.1, -0.05) is 48.5 Å². The minimum absolute atomic E-state index is 0.239. The summed E-state index contributed by atoms with van der Waals surface area (Å²) in [4.78, 5) is 2.18. The Kier molecular flexibility index (Phi) is 7.00. The minimum Gasteiger partial charge on any atom is -0.457 e. The van der Waals surface area contributed by atoms with E-state index in [1.807, 2.05) is 60.7 Å². The Morgan fingerprint density at radius 1 is 0.857 bits per heavy atom. The quantitative estimate of drug-likeness (QED) is 0.550. The van der Waals surface area contributed by atoms with Crippen molar-refractivity contribution >= 4 is 23.0 Å². The number of hydrogen-bond acceptors (Lipinski definition) is 3. The van der Waals surface area contributed by atoms with Gasteiger partial charge in [-0.2, -0.15) is 0 Å². The number of thiocarbonyl (C=S) groups is 1. The molecular weight excluding hydrogens is 366 g/mol. The Morgan fingerprint density at radius 2 is 1.43 bits per heavy atom. The third-order valence-electron chi connectivity index (χ3n) is 4.35. The molecule has 4 nitrogen and oxygen atoms in total. The maximum absolute atomic E-state index is 5.81. The van der Waals surface area contributed by atoms with Crippen LogP contribution in [0.25, 0.3) is 0 Å². The van der Waals surface area contributed by atoms with Crippen LogP contribution in [-0.4, -0.2) is 30.7 Å². The first kappa shape index (κ1) is 19.9. The fourth-order valence-electron chi connectivity index (χ4n) is 2.87. The van der Waals surface area contributed by atoms with Gasteiger partial charge in [-0.05, 0) is 68.3 Å². The van der Waals surface area contributed by atoms with Gasteiger partial charge in [0, 0.05) is 12.2 Å². The van der Waals surface area contributed by atoms with Crippen molar-refractivity contribution in [2.45, 2.75) is 6.04 Å². The van der Waals surface area contributed by atoms with E-state index < -0.39 is 0 Å². The van der Waals surface area contributed by atoms with Crippen LogP contribution in [0.1, 0.15) is 11.6 Å². The van der Waals surface area contributed by atoms with Crippen molar-refractivity contribution in [3.63, 3.8) is 0 Å². The van der Waals surface area contributed by atoms with Gasteiger partial charge in [0.25, 0.3) is 0 Å². The SMILES string of the molecule is CN(C)C(CNC(=S)Nc1ccc(Oc2ccccc2)cc1)c1ccccc1. The van der Waals surface area contributed by atoms with Crippen molar-refractivity contribution in [1.29, 1.82) is 0 Å². The lowest BCUT2D eigenvalue weighted by Gasteiger charge is -2.25. The molecule has 3 aromatic carbocycles. The molecule has 0 amide bonds. The van der Waals surface area contributed by atoms with Gasteiger partial charge in [-0.15, -0.1) is 0 Å². The molecule has 144 valence electrons. The van der Waals surface area contributed by atoms with E-state index in [9.17, 15) is 0 Å². The summed E-state index contributed by atoms with van der Waals surface area (Å²) in [7, 11) is 4.14. The fraction of sp³-hybridized carbons (Fsp3) is 0.174. The number of hydrogen-bond donors (Lipinski definition) is 2. The molecule has 5 heteroatoms. The number of anilines is 1. The van der Waals surface area contributed by atoms with E-state index in [1.165, 1.54) is 5.56 Å². The molecule has 0 aliphatic heterocycles. The molecule has 0 radical (unpaired) electrons. The van der Waals surface area contributed by atoms with E-state index in [-0.39, 0.29) is 6.04 Å². The van der Waals surface area contributed by atoms with E-state index in [0.717, 1.165) is 23.7 Å². The van der Waals surface area contributed by atoms with Gasteiger partial charge >= 0.3 is 0 Å². The van der Waals surface area contributed by atoms with Crippen LogP contribution in [-0.2, 0) is 0 Å². The molecule has 0 fully saturated rings. The summed E-state index contributed by atoms with van der Waals surface area (Å²) in [6.07, 6.45) is 0. The normalized spacial score (nSPS) is 11.7. The maximum atomic E-state index is 5.81. The van der Waals surface area contributed by atoms with Crippen LogP contribution in [0.2, 0.25) is 0 Å². The first-order chi connectivity index (χ1) is 13.6. The monoisotopic (exact) mass is 391 g/mol. The predicted molar refractivity (Wildman–Crippen MR) is 120 cm³/mol. The molecule has 2 N–H and O–H groups in total. The van der Waals surface area contributed by atoms with Crippen LogP contribution < -0.4 is 15.4 Å². The van der Waals surface area contributed by atoms with Gasteiger partial charge in [-0.3, -0.25) is 0 Å². The summed E-state index contributed by atoms with van der Waals surface area (Å²) < 4.78 is 5.81. The maximum Gasteiger partial charge on any atom is 0.170 e. The van der Waals surface area contributed by atoms with E-state index in [0.29, 0.717) is 5.11 Å². The molecule has 0 aliphatic carbocycles. The number of para-hydroxylation sites is 1. The second-order valence-electron chi connectivity index (χ2n) is 6.66. The zero-order chi connectivity index (χ0) is 19.8. The lowest BCUT2D eigenvalue weighted by atomic mass is 10.1. The summed E-state index contributed by atoms with van der Waals surface area (Å²) in [6.45, 7) is 0.720. The third-order valence-corrected chi connectivity index (χ3v) is 4.60. The van der Waals surface area contributed by atoms with Gasteiger partial charge in [0.2, 0.25) is 0 Å². The summed E-state index contributed by atoms with van der Waals surface area (Å²) in [5, 5.41) is 7.13. The molecule has 0 bridgehead atoms. The zero-order valence-electron chi connectivity index (χ0n) is 16.1. The van der Waals surface area contributed by atoms with Crippen molar-refractivity contribution in [3.05, 3.63) is 90.5 Å². The Bertz CT molecular complexity index is 867. The Morgan fingerprint density at radius 3 is 2.04 bits per heavy atom. The average Bonchev–Trinajstić information content (AvgIpc) is 2.71. The third kappa shape index (κ3) is 5.81. The van der Waals surface area contributed by atoms with Crippen LogP contribution >= 0.6 is 12.2 Å². The van der Waals surface area contributed by atoms with Crippen molar-refractivity contribution in [3.8, 4) is 11.5 Å². The molecule has 28 heavy (non-hydrogen) atoms. The number of ether oxygens (including phenoxy) is 1. The van der Waals surface area contributed by atoms with Crippen molar-refractivity contribution in [1.82, 2.24) is 10.2 Å². The second kappa shape index (κ2) is 9.88. The minimum atomic E-state index is 0.239. The molecule has 0 heterocycles. The van der Waals surface area contributed by atoms with Crippen LogP contribution in [0.3, 0.4) is 0 Å². The number of nitrogens with zero attached hydrogens (tertiary/aromatic N) is 1. The molecule has 3 rings (SSSR count). The van der Waals surface area contributed by atoms with Crippen molar-refractivity contribution in [2.75, 3.05) is 26.0 Å². The standard InChI is InChI=1S/C23H25N3OS/c1-26(2)22(18-9-5-3-6-10-18)17-24-23(28)25-19-13-15-21(16-14-19)27-20-11-7-4-8-12-20/h3-16,22H,17H2,1-2H3,(H2,24,25,28). The number of benzene rings is 3. The Hall–Kier alpha value is -2.89. The van der Waals surface area contributed by atoms with Gasteiger partial charge in [-0.25, -0.2) is 0 Å². The molecule has 3 aromatic rings. The summed E-state index contributed by atoms with van der Waals surface area (Å²) in [6, 6.07) is 28.1. The lowest BCUT2D eigenvalue weighted by Crippen LogP contribution is -2.36. The van der Waals surface area contributed by atoms with Gasteiger partial charge in [0.1, 0.15) is 11.5 Å². The fourth-order valence-corrected chi connectivity index (χ4v) is 3.07. The average molecular weight is 392 g/mol. The number of nitrogens with one attached hydrogen (secondary N) is 2. The summed E-state index contributed by atoms with van der Waals surface area (Å²) in [5.41, 5.74) is 2.17. The highest BCUT2D eigenvalue weighted by Gasteiger charge is 2.14. The molecule has 1 unspecified atom stereocenters. The highest BCUT2D eigenvalue weighted by atomic mass is 32.1. The largest absolute Gasteiger partial charge is 0.457 e. The molecular formula is C23H25N3OS. The van der Waals surface area contributed by atoms with Gasteiger partial charge < -0.3 is 20.3 Å².